The van der Waals surface area contributed by atoms with Crippen molar-refractivity contribution in [2.24, 2.45) is 0 Å². The number of likely N-dealkylation sites (N-methyl/N-ethyl adjacent to an activating group) is 1. The lowest BCUT2D eigenvalue weighted by molar-refractivity contribution is 0.0841. The Balaban J connectivity index is 2.70. The van der Waals surface area contributed by atoms with Crippen molar-refractivity contribution in [2.45, 2.75) is 26.8 Å². The smallest absolute Gasteiger partial charge is 0.177 e. The molecule has 3 heteroatoms. The van der Waals surface area contributed by atoms with Gasteiger partial charge >= 0.3 is 0 Å². The molecule has 0 saturated carbocycles. The van der Waals surface area contributed by atoms with Crippen molar-refractivity contribution >= 4 is 5.78 Å². The van der Waals surface area contributed by atoms with Crippen LogP contribution in [0.5, 0.6) is 0 Å². The molecule has 0 aliphatic heterocycles. The van der Waals surface area contributed by atoms with E-state index in [1.54, 1.807) is 7.11 Å². The fourth-order valence-corrected chi connectivity index (χ4v) is 1.96. The van der Waals surface area contributed by atoms with Gasteiger partial charge in [-0.1, -0.05) is 23.8 Å². The Morgan fingerprint density at radius 2 is 2.06 bits per heavy atom. The molecule has 1 atom stereocenters. The summed E-state index contributed by atoms with van der Waals surface area (Å²) in [6.07, 6.45) is 0. The van der Waals surface area contributed by atoms with Crippen molar-refractivity contribution in [3.8, 4) is 0 Å². The van der Waals surface area contributed by atoms with Crippen molar-refractivity contribution in [3.63, 3.8) is 0 Å². The van der Waals surface area contributed by atoms with Gasteiger partial charge in [0.25, 0.3) is 0 Å². The second-order valence-corrected chi connectivity index (χ2v) is 4.96. The molecule has 0 amide bonds. The van der Waals surface area contributed by atoms with Crippen LogP contribution in [0, 0.1) is 13.8 Å². The molecule has 100 valence electrons. The Bertz CT molecular complexity index is 415. The fourth-order valence-electron chi connectivity index (χ4n) is 1.96. The summed E-state index contributed by atoms with van der Waals surface area (Å²) in [7, 11) is 3.63. The van der Waals surface area contributed by atoms with E-state index in [-0.39, 0.29) is 11.8 Å². The van der Waals surface area contributed by atoms with Gasteiger partial charge in [0.1, 0.15) is 0 Å². The summed E-state index contributed by atoms with van der Waals surface area (Å²) < 4.78 is 5.10. The number of nitrogens with zero attached hydrogens (tertiary/aromatic N) is 1. The molecule has 0 aliphatic rings. The molecular formula is C15H23NO2. The van der Waals surface area contributed by atoms with E-state index in [1.165, 1.54) is 5.56 Å². The molecule has 3 nitrogen and oxygen atoms in total. The molecule has 0 aromatic heterocycles. The summed E-state index contributed by atoms with van der Waals surface area (Å²) in [6, 6.07) is 6.19. The minimum Gasteiger partial charge on any atom is -0.383 e. The maximum absolute atomic E-state index is 12.2. The number of Topliss-reactive ketones (excluding diaryl/α,β-unsaturated/α-hetero) is 1. The molecule has 0 fully saturated rings. The normalized spacial score (nSPS) is 12.8. The molecule has 0 N–H and O–H groups in total. The van der Waals surface area contributed by atoms with Crippen LogP contribution in [0.2, 0.25) is 0 Å². The molecule has 0 bridgehead atoms. The van der Waals surface area contributed by atoms with Gasteiger partial charge < -0.3 is 4.74 Å². The monoisotopic (exact) mass is 249 g/mol. The van der Waals surface area contributed by atoms with Crippen LogP contribution in [-0.2, 0) is 4.74 Å². The predicted octanol–water partition coefficient (Wildman–Crippen LogP) is 2.45. The number of methoxy groups -OCH3 is 1. The molecule has 0 aliphatic carbocycles. The third-order valence-corrected chi connectivity index (χ3v) is 3.24. The van der Waals surface area contributed by atoms with Gasteiger partial charge in [0.15, 0.2) is 5.78 Å². The number of ketones is 1. The Labute approximate surface area is 110 Å². The van der Waals surface area contributed by atoms with Crippen LogP contribution < -0.4 is 0 Å². The van der Waals surface area contributed by atoms with Gasteiger partial charge in [-0.25, -0.2) is 0 Å². The number of ether oxygens (including phenoxy) is 1. The zero-order chi connectivity index (χ0) is 13.7. The Morgan fingerprint density at radius 3 is 2.61 bits per heavy atom. The highest BCUT2D eigenvalue weighted by molar-refractivity contribution is 5.98. The Morgan fingerprint density at radius 1 is 1.39 bits per heavy atom. The molecular weight excluding hydrogens is 226 g/mol. The summed E-state index contributed by atoms with van der Waals surface area (Å²) in [6.45, 7) is 7.14. The van der Waals surface area contributed by atoms with E-state index in [2.05, 4.69) is 6.92 Å². The number of carbonyl (C=O) groups excluding carboxylic acids is 1. The fraction of sp³-hybridized carbons (Fsp3) is 0.533. The second kappa shape index (κ2) is 6.66. The summed E-state index contributed by atoms with van der Waals surface area (Å²) in [4.78, 5) is 14.2. The maximum atomic E-state index is 12.2. The van der Waals surface area contributed by atoms with Gasteiger partial charge in [0.05, 0.1) is 13.2 Å². The molecule has 1 aromatic carbocycles. The van der Waals surface area contributed by atoms with Crippen LogP contribution in [0.25, 0.3) is 0 Å². The largest absolute Gasteiger partial charge is 0.383 e. The maximum Gasteiger partial charge on any atom is 0.177 e. The van der Waals surface area contributed by atoms with Gasteiger partial charge in [0.2, 0.25) is 0 Å². The summed E-state index contributed by atoms with van der Waals surface area (Å²) >= 11 is 0. The van der Waals surface area contributed by atoms with Gasteiger partial charge in [0, 0.05) is 18.7 Å². The molecule has 0 radical (unpaired) electrons. The van der Waals surface area contributed by atoms with Gasteiger partial charge in [-0.15, -0.1) is 0 Å². The first-order valence-corrected chi connectivity index (χ1v) is 6.25. The third-order valence-electron chi connectivity index (χ3n) is 3.24. The van der Waals surface area contributed by atoms with Gasteiger partial charge in [-0.05, 0) is 33.4 Å². The number of hydrogen-bond acceptors (Lipinski definition) is 3. The van der Waals surface area contributed by atoms with Crippen molar-refractivity contribution in [1.29, 1.82) is 0 Å². The van der Waals surface area contributed by atoms with E-state index in [0.717, 1.165) is 11.1 Å². The van der Waals surface area contributed by atoms with Crippen LogP contribution in [-0.4, -0.2) is 44.0 Å². The number of benzene rings is 1. The Hall–Kier alpha value is -1.19. The number of aryl methyl sites for hydroxylation is 2. The van der Waals surface area contributed by atoms with Crippen molar-refractivity contribution in [1.82, 2.24) is 4.90 Å². The highest BCUT2D eigenvalue weighted by atomic mass is 16.5. The van der Waals surface area contributed by atoms with E-state index in [1.807, 2.05) is 44.0 Å². The topological polar surface area (TPSA) is 29.5 Å². The van der Waals surface area contributed by atoms with E-state index >= 15 is 0 Å². The van der Waals surface area contributed by atoms with Crippen LogP contribution in [0.15, 0.2) is 18.2 Å². The molecule has 1 unspecified atom stereocenters. The second-order valence-electron chi connectivity index (χ2n) is 4.96. The first-order chi connectivity index (χ1) is 8.45. The first kappa shape index (κ1) is 14.9. The summed E-state index contributed by atoms with van der Waals surface area (Å²) in [5, 5.41) is 0. The summed E-state index contributed by atoms with van der Waals surface area (Å²) in [5.41, 5.74) is 3.05. The van der Waals surface area contributed by atoms with Crippen molar-refractivity contribution in [2.75, 3.05) is 27.3 Å². The molecule has 1 rings (SSSR count). The number of carbonyl (C=O) groups is 1. The zero-order valence-corrected chi connectivity index (χ0v) is 12.0. The highest BCUT2D eigenvalue weighted by Gasteiger charge is 2.15. The minimum absolute atomic E-state index is 0.165. The average molecular weight is 249 g/mol. The van der Waals surface area contributed by atoms with Gasteiger partial charge in [-0.3, -0.25) is 9.69 Å². The van der Waals surface area contributed by atoms with Gasteiger partial charge in [-0.2, -0.15) is 0 Å². The molecule has 0 spiro atoms. The van der Waals surface area contributed by atoms with Crippen LogP contribution in [0.4, 0.5) is 0 Å². The van der Waals surface area contributed by atoms with E-state index in [0.29, 0.717) is 13.2 Å². The van der Waals surface area contributed by atoms with E-state index in [4.69, 9.17) is 4.74 Å². The SMILES string of the molecule is COCC(C)N(C)CC(=O)c1ccc(C)cc1C. The lowest BCUT2D eigenvalue weighted by Gasteiger charge is -2.23. The summed E-state index contributed by atoms with van der Waals surface area (Å²) in [5.74, 6) is 0.165. The van der Waals surface area contributed by atoms with Crippen LogP contribution in [0.3, 0.4) is 0 Å². The number of rotatable bonds is 6. The molecule has 0 heterocycles. The van der Waals surface area contributed by atoms with Crippen LogP contribution in [0.1, 0.15) is 28.4 Å². The Kier molecular flexibility index (Phi) is 5.51. The quantitative estimate of drug-likeness (QED) is 0.725. The highest BCUT2D eigenvalue weighted by Crippen LogP contribution is 2.12. The minimum atomic E-state index is 0.165. The predicted molar refractivity (Wildman–Crippen MR) is 74.2 cm³/mol. The standard InChI is InChI=1S/C15H23NO2/c1-11-6-7-14(12(2)8-11)15(17)9-16(4)13(3)10-18-5/h6-8,13H,9-10H2,1-5H3. The average Bonchev–Trinajstić information content (AvgIpc) is 2.28. The lowest BCUT2D eigenvalue weighted by Crippen LogP contribution is -2.36. The molecule has 0 saturated heterocycles. The van der Waals surface area contributed by atoms with Crippen molar-refractivity contribution in [3.05, 3.63) is 34.9 Å². The molecule has 1 aromatic rings. The van der Waals surface area contributed by atoms with Crippen LogP contribution >= 0.6 is 0 Å². The van der Waals surface area contributed by atoms with E-state index in [9.17, 15) is 4.79 Å². The van der Waals surface area contributed by atoms with E-state index < -0.39 is 0 Å². The number of hydrogen-bond donors (Lipinski definition) is 0. The first-order valence-electron chi connectivity index (χ1n) is 6.25. The lowest BCUT2D eigenvalue weighted by atomic mass is 10.0. The third kappa shape index (κ3) is 3.93. The molecule has 18 heavy (non-hydrogen) atoms. The van der Waals surface area contributed by atoms with Crippen molar-refractivity contribution < 1.29 is 9.53 Å². The zero-order valence-electron chi connectivity index (χ0n) is 12.0.